The number of aromatic nitrogens is 1. The molecule has 0 spiro atoms. The Balaban J connectivity index is 2.01. The summed E-state index contributed by atoms with van der Waals surface area (Å²) in [6.45, 7) is 1.36. The molecule has 0 bridgehead atoms. The molecule has 1 aromatic heterocycles. The molecule has 3 aromatic rings. The van der Waals surface area contributed by atoms with Crippen LogP contribution in [0, 0.1) is 6.92 Å². The fourth-order valence-electron chi connectivity index (χ4n) is 2.59. The van der Waals surface area contributed by atoms with Crippen molar-refractivity contribution in [2.75, 3.05) is 16.2 Å². The van der Waals surface area contributed by atoms with Crippen molar-refractivity contribution in [3.63, 3.8) is 0 Å². The molecule has 1 N–H and O–H groups in total. The smallest absolute Gasteiger partial charge is 0.264 e. The number of carbonyl (C=O) groups excluding carboxylic acids is 1. The van der Waals surface area contributed by atoms with Crippen LogP contribution >= 0.6 is 23.2 Å². The van der Waals surface area contributed by atoms with Gasteiger partial charge in [-0.05, 0) is 43.3 Å². The normalized spacial score (nSPS) is 11.1. The maximum atomic E-state index is 13.3. The third-order valence-electron chi connectivity index (χ3n) is 4.04. The van der Waals surface area contributed by atoms with Crippen LogP contribution in [0.5, 0.6) is 0 Å². The predicted octanol–water partition coefficient (Wildman–Crippen LogP) is 4.53. The third-order valence-corrected chi connectivity index (χ3v) is 6.62. The van der Waals surface area contributed by atoms with Crippen LogP contribution in [0.4, 0.5) is 11.4 Å². The first-order valence-corrected chi connectivity index (χ1v) is 10.7. The largest absolute Gasteiger partial charge is 0.323 e. The maximum Gasteiger partial charge on any atom is 0.264 e. The van der Waals surface area contributed by atoms with Crippen LogP contribution in [0.15, 0.2) is 71.9 Å². The van der Waals surface area contributed by atoms with Gasteiger partial charge < -0.3 is 5.32 Å². The Kier molecular flexibility index (Phi) is 6.42. The van der Waals surface area contributed by atoms with E-state index in [9.17, 15) is 13.2 Å². The highest BCUT2D eigenvalue weighted by molar-refractivity contribution is 7.92. The predicted molar refractivity (Wildman–Crippen MR) is 115 cm³/mol. The molecule has 0 aliphatic heterocycles. The van der Waals surface area contributed by atoms with Crippen molar-refractivity contribution in [2.24, 2.45) is 0 Å². The Morgan fingerprint density at radius 1 is 1.07 bits per heavy atom. The summed E-state index contributed by atoms with van der Waals surface area (Å²) < 4.78 is 27.6. The monoisotopic (exact) mass is 449 g/mol. The number of aryl methyl sites for hydroxylation is 1. The van der Waals surface area contributed by atoms with E-state index < -0.39 is 22.5 Å². The molecule has 9 heteroatoms. The minimum atomic E-state index is -4.08. The van der Waals surface area contributed by atoms with Gasteiger partial charge in [0.15, 0.2) is 0 Å². The highest BCUT2D eigenvalue weighted by Gasteiger charge is 2.29. The summed E-state index contributed by atoms with van der Waals surface area (Å²) in [5, 5.41) is 2.85. The van der Waals surface area contributed by atoms with E-state index in [-0.39, 0.29) is 20.6 Å². The molecule has 1 amide bonds. The zero-order chi connectivity index (χ0) is 21.0. The Hall–Kier alpha value is -2.61. The van der Waals surface area contributed by atoms with E-state index in [4.69, 9.17) is 23.2 Å². The van der Waals surface area contributed by atoms with Crippen molar-refractivity contribution in [1.82, 2.24) is 4.98 Å². The van der Waals surface area contributed by atoms with Crippen LogP contribution in [0.1, 0.15) is 5.56 Å². The van der Waals surface area contributed by atoms with Crippen molar-refractivity contribution >= 4 is 50.5 Å². The van der Waals surface area contributed by atoms with E-state index in [1.807, 2.05) is 6.92 Å². The number of anilines is 2. The molecule has 0 aliphatic rings. The second-order valence-corrected chi connectivity index (χ2v) is 8.84. The Labute approximate surface area is 179 Å². The number of amides is 1. The van der Waals surface area contributed by atoms with Gasteiger partial charge >= 0.3 is 0 Å². The number of nitrogens with zero attached hydrogens (tertiary/aromatic N) is 2. The second-order valence-electron chi connectivity index (χ2n) is 6.19. The summed E-state index contributed by atoms with van der Waals surface area (Å²) in [4.78, 5) is 16.6. The lowest BCUT2D eigenvalue weighted by atomic mass is 10.2. The van der Waals surface area contributed by atoms with Gasteiger partial charge in [0, 0.05) is 6.20 Å². The summed E-state index contributed by atoms with van der Waals surface area (Å²) in [6.07, 6.45) is 3.03. The zero-order valence-corrected chi connectivity index (χ0v) is 17.7. The second kappa shape index (κ2) is 8.82. The first-order chi connectivity index (χ1) is 13.8. The highest BCUT2D eigenvalue weighted by atomic mass is 35.5. The van der Waals surface area contributed by atoms with Crippen LogP contribution in [0.2, 0.25) is 10.0 Å². The van der Waals surface area contributed by atoms with Gasteiger partial charge in [-0.2, -0.15) is 0 Å². The first-order valence-electron chi connectivity index (χ1n) is 8.52. The quantitative estimate of drug-likeness (QED) is 0.599. The number of nitrogens with one attached hydrogen (secondary N) is 1. The molecule has 6 nitrogen and oxygen atoms in total. The molecule has 29 heavy (non-hydrogen) atoms. The van der Waals surface area contributed by atoms with Gasteiger partial charge in [0.2, 0.25) is 5.91 Å². The van der Waals surface area contributed by atoms with Gasteiger partial charge in [-0.3, -0.25) is 14.1 Å². The van der Waals surface area contributed by atoms with E-state index in [1.54, 1.807) is 42.6 Å². The number of sulfonamides is 1. The molecule has 0 saturated heterocycles. The maximum absolute atomic E-state index is 13.3. The standard InChI is InChI=1S/C20H17Cl2N3O3S/c1-14-7-9-16(10-8-14)29(27,28)25(18-6-2-5-17(21)20(18)22)13-19(26)24-15-4-3-11-23-12-15/h2-12H,13H2,1H3,(H,24,26). The van der Waals surface area contributed by atoms with E-state index in [0.29, 0.717) is 5.69 Å². The average Bonchev–Trinajstić information content (AvgIpc) is 2.69. The lowest BCUT2D eigenvalue weighted by Crippen LogP contribution is -2.38. The van der Waals surface area contributed by atoms with Crippen LogP contribution in [0.3, 0.4) is 0 Å². The number of rotatable bonds is 6. The van der Waals surface area contributed by atoms with Gasteiger partial charge in [-0.1, -0.05) is 47.0 Å². The fraction of sp³-hybridized carbons (Fsp3) is 0.100. The summed E-state index contributed by atoms with van der Waals surface area (Å²) in [5.74, 6) is -0.551. The number of halogens is 2. The van der Waals surface area contributed by atoms with Gasteiger partial charge in [0.05, 0.1) is 32.5 Å². The van der Waals surface area contributed by atoms with E-state index >= 15 is 0 Å². The average molecular weight is 450 g/mol. The molecular formula is C20H17Cl2N3O3S. The summed E-state index contributed by atoms with van der Waals surface area (Å²) >= 11 is 12.3. The number of hydrogen-bond acceptors (Lipinski definition) is 4. The molecule has 0 atom stereocenters. The van der Waals surface area contributed by atoms with Crippen molar-refractivity contribution in [3.8, 4) is 0 Å². The Morgan fingerprint density at radius 3 is 2.45 bits per heavy atom. The summed E-state index contributed by atoms with van der Waals surface area (Å²) in [6, 6.07) is 14.2. The van der Waals surface area contributed by atoms with E-state index in [2.05, 4.69) is 10.3 Å². The molecule has 0 saturated carbocycles. The zero-order valence-electron chi connectivity index (χ0n) is 15.3. The molecule has 150 valence electrons. The molecule has 1 heterocycles. The summed E-state index contributed by atoms with van der Waals surface area (Å²) in [5.41, 5.74) is 1.47. The lowest BCUT2D eigenvalue weighted by molar-refractivity contribution is -0.114. The van der Waals surface area contributed by atoms with E-state index in [1.165, 1.54) is 24.4 Å². The molecular weight excluding hydrogens is 433 g/mol. The van der Waals surface area contributed by atoms with Crippen molar-refractivity contribution in [3.05, 3.63) is 82.6 Å². The number of hydrogen-bond donors (Lipinski definition) is 1. The SMILES string of the molecule is Cc1ccc(S(=O)(=O)N(CC(=O)Nc2cccnc2)c2cccc(Cl)c2Cl)cc1. The van der Waals surface area contributed by atoms with Gasteiger partial charge in [0.25, 0.3) is 10.0 Å². The third kappa shape index (κ3) is 4.87. The van der Waals surface area contributed by atoms with Crippen molar-refractivity contribution in [2.45, 2.75) is 11.8 Å². The van der Waals surface area contributed by atoms with Crippen LogP contribution < -0.4 is 9.62 Å². The van der Waals surface area contributed by atoms with Crippen molar-refractivity contribution < 1.29 is 13.2 Å². The molecule has 0 aliphatic carbocycles. The summed E-state index contributed by atoms with van der Waals surface area (Å²) in [7, 11) is -4.08. The van der Waals surface area contributed by atoms with Crippen molar-refractivity contribution in [1.29, 1.82) is 0 Å². The lowest BCUT2D eigenvalue weighted by Gasteiger charge is -2.25. The molecule has 2 aromatic carbocycles. The minimum absolute atomic E-state index is 0.0355. The highest BCUT2D eigenvalue weighted by Crippen LogP contribution is 2.35. The fourth-order valence-corrected chi connectivity index (χ4v) is 4.47. The number of benzene rings is 2. The van der Waals surface area contributed by atoms with Gasteiger partial charge in [-0.15, -0.1) is 0 Å². The molecule has 0 radical (unpaired) electrons. The van der Waals surface area contributed by atoms with Crippen LogP contribution in [-0.2, 0) is 14.8 Å². The number of pyridine rings is 1. The molecule has 3 rings (SSSR count). The minimum Gasteiger partial charge on any atom is -0.323 e. The Morgan fingerprint density at radius 2 is 1.79 bits per heavy atom. The Bertz CT molecular complexity index is 1120. The molecule has 0 fully saturated rings. The van der Waals surface area contributed by atoms with Crippen LogP contribution in [-0.4, -0.2) is 25.9 Å². The first kappa shape index (κ1) is 21.1. The van der Waals surface area contributed by atoms with Gasteiger partial charge in [0.1, 0.15) is 6.54 Å². The van der Waals surface area contributed by atoms with Gasteiger partial charge in [-0.25, -0.2) is 8.42 Å². The number of carbonyl (C=O) groups is 1. The molecule has 0 unspecified atom stereocenters. The van der Waals surface area contributed by atoms with Crippen LogP contribution in [0.25, 0.3) is 0 Å². The van der Waals surface area contributed by atoms with E-state index in [0.717, 1.165) is 9.87 Å². The topological polar surface area (TPSA) is 79.4 Å².